The van der Waals surface area contributed by atoms with E-state index in [-0.39, 0.29) is 17.1 Å². The molecule has 4 rings (SSSR count). The lowest BCUT2D eigenvalue weighted by molar-refractivity contribution is -0.136. The van der Waals surface area contributed by atoms with Gasteiger partial charge >= 0.3 is 6.18 Å². The quantitative estimate of drug-likeness (QED) is 0.731. The van der Waals surface area contributed by atoms with Crippen LogP contribution in [0.1, 0.15) is 44.0 Å². The Balaban J connectivity index is 1.75. The molecule has 8 heteroatoms. The second kappa shape index (κ2) is 6.37. The highest BCUT2D eigenvalue weighted by atomic mass is 19.4. The third-order valence-corrected chi connectivity index (χ3v) is 5.21. The number of aromatic nitrogens is 4. The number of H-pyrrole nitrogens is 1. The number of fused-ring (bicyclic) bond motifs is 1. The third kappa shape index (κ3) is 3.12. The molecule has 0 saturated carbocycles. The molecule has 144 valence electrons. The summed E-state index contributed by atoms with van der Waals surface area (Å²) in [6.45, 7) is 9.26. The molecule has 1 aliphatic heterocycles. The Kier molecular flexibility index (Phi) is 4.25. The highest BCUT2D eigenvalue weighted by Gasteiger charge is 2.34. The minimum absolute atomic E-state index is 0.0708. The van der Waals surface area contributed by atoms with Crippen molar-refractivity contribution in [3.63, 3.8) is 0 Å². The largest absolute Gasteiger partial charge is 0.418 e. The Hall–Kier alpha value is -2.35. The molecule has 0 aliphatic carbocycles. The van der Waals surface area contributed by atoms with E-state index in [4.69, 9.17) is 0 Å². The average Bonchev–Trinajstić information content (AvgIpc) is 3.17. The highest BCUT2D eigenvalue weighted by molar-refractivity contribution is 5.84. The number of alkyl halides is 3. The monoisotopic (exact) mass is 377 g/mol. The molecule has 0 atom stereocenters. The fourth-order valence-electron chi connectivity index (χ4n) is 3.66. The standard InChI is InChI=1S/C19H22F3N5/c1-4-26-9-13(10-26)17-6-16(25-27(17)11(2)3)12-5-14-15(19(20,21)22)8-24-18(14)23-7-12/h5-8,11,13H,4,9-10H2,1-3H3,(H,23,24). The van der Waals surface area contributed by atoms with Crippen molar-refractivity contribution in [3.05, 3.63) is 35.8 Å². The highest BCUT2D eigenvalue weighted by Crippen LogP contribution is 2.36. The van der Waals surface area contributed by atoms with Crippen molar-refractivity contribution in [2.45, 2.75) is 38.9 Å². The average molecular weight is 377 g/mol. The van der Waals surface area contributed by atoms with Crippen molar-refractivity contribution in [2.75, 3.05) is 19.6 Å². The first kappa shape index (κ1) is 18.0. The van der Waals surface area contributed by atoms with Crippen molar-refractivity contribution in [1.29, 1.82) is 0 Å². The fourth-order valence-corrected chi connectivity index (χ4v) is 3.66. The molecule has 1 aliphatic rings. The molecule has 3 aromatic heterocycles. The van der Waals surface area contributed by atoms with E-state index in [9.17, 15) is 13.2 Å². The van der Waals surface area contributed by atoms with Gasteiger partial charge in [0.2, 0.25) is 0 Å². The van der Waals surface area contributed by atoms with Crippen molar-refractivity contribution >= 4 is 11.0 Å². The SMILES string of the molecule is CCN1CC(c2cc(-c3cnc4[nH]cc(C(F)(F)F)c4c3)nn2C(C)C)C1. The summed E-state index contributed by atoms with van der Waals surface area (Å²) in [6, 6.07) is 3.71. The predicted molar refractivity (Wildman–Crippen MR) is 97.6 cm³/mol. The molecule has 0 bridgehead atoms. The van der Waals surface area contributed by atoms with E-state index in [0.29, 0.717) is 17.2 Å². The van der Waals surface area contributed by atoms with Crippen LogP contribution < -0.4 is 0 Å². The molecule has 4 heterocycles. The van der Waals surface area contributed by atoms with Crippen LogP contribution in [0.5, 0.6) is 0 Å². The number of rotatable bonds is 4. The van der Waals surface area contributed by atoms with Gasteiger partial charge in [-0.25, -0.2) is 4.98 Å². The summed E-state index contributed by atoms with van der Waals surface area (Å²) < 4.78 is 41.6. The summed E-state index contributed by atoms with van der Waals surface area (Å²) in [5.41, 5.74) is 1.92. The number of nitrogens with one attached hydrogen (secondary N) is 1. The van der Waals surface area contributed by atoms with Gasteiger partial charge in [0.25, 0.3) is 0 Å². The van der Waals surface area contributed by atoms with E-state index >= 15 is 0 Å². The van der Waals surface area contributed by atoms with Crippen LogP contribution >= 0.6 is 0 Å². The number of hydrogen-bond acceptors (Lipinski definition) is 3. The van der Waals surface area contributed by atoms with Crippen LogP contribution in [0.15, 0.2) is 24.5 Å². The summed E-state index contributed by atoms with van der Waals surface area (Å²) in [5.74, 6) is 0.406. The number of likely N-dealkylation sites (tertiary alicyclic amines) is 1. The number of hydrogen-bond donors (Lipinski definition) is 1. The molecule has 5 nitrogen and oxygen atoms in total. The molecule has 27 heavy (non-hydrogen) atoms. The lowest BCUT2D eigenvalue weighted by Crippen LogP contribution is -2.45. The maximum Gasteiger partial charge on any atom is 0.418 e. The normalized spacial score (nSPS) is 16.4. The lowest BCUT2D eigenvalue weighted by atomic mass is 9.95. The van der Waals surface area contributed by atoms with Crippen molar-refractivity contribution in [2.24, 2.45) is 0 Å². The summed E-state index contributed by atoms with van der Waals surface area (Å²) in [6.07, 6.45) is -1.88. The van der Waals surface area contributed by atoms with E-state index in [1.165, 1.54) is 6.07 Å². The Labute approximate surface area is 155 Å². The maximum atomic E-state index is 13.2. The van der Waals surface area contributed by atoms with Crippen LogP contribution in [-0.4, -0.2) is 44.3 Å². The Bertz CT molecular complexity index is 964. The molecule has 1 saturated heterocycles. The predicted octanol–water partition coefficient (Wildman–Crippen LogP) is 4.45. The van der Waals surface area contributed by atoms with Gasteiger partial charge in [-0.2, -0.15) is 18.3 Å². The second-order valence-corrected chi connectivity index (χ2v) is 7.36. The number of halogens is 3. The topological polar surface area (TPSA) is 49.7 Å². The van der Waals surface area contributed by atoms with E-state index in [0.717, 1.165) is 31.5 Å². The molecule has 1 N–H and O–H groups in total. The van der Waals surface area contributed by atoms with Gasteiger partial charge in [-0.3, -0.25) is 4.68 Å². The number of nitrogens with zero attached hydrogens (tertiary/aromatic N) is 4. The van der Waals surface area contributed by atoms with E-state index in [1.54, 1.807) is 6.20 Å². The summed E-state index contributed by atoms with van der Waals surface area (Å²) in [5, 5.41) is 4.75. The van der Waals surface area contributed by atoms with Crippen LogP contribution in [0.4, 0.5) is 13.2 Å². The second-order valence-electron chi connectivity index (χ2n) is 7.36. The van der Waals surface area contributed by atoms with Gasteiger partial charge in [-0.05, 0) is 32.5 Å². The Morgan fingerprint density at radius 3 is 2.63 bits per heavy atom. The number of pyridine rings is 1. The summed E-state index contributed by atoms with van der Waals surface area (Å²) in [7, 11) is 0. The van der Waals surface area contributed by atoms with Crippen LogP contribution in [0.2, 0.25) is 0 Å². The minimum atomic E-state index is -4.42. The molecular weight excluding hydrogens is 355 g/mol. The fraction of sp³-hybridized carbons (Fsp3) is 0.474. The molecule has 3 aromatic rings. The van der Waals surface area contributed by atoms with Gasteiger partial charge in [0.15, 0.2) is 0 Å². The minimum Gasteiger partial charge on any atom is -0.346 e. The molecule has 0 aromatic carbocycles. The molecule has 0 radical (unpaired) electrons. The molecule has 1 fully saturated rings. The van der Waals surface area contributed by atoms with Crippen LogP contribution in [0.3, 0.4) is 0 Å². The van der Waals surface area contributed by atoms with Crippen LogP contribution in [0, 0.1) is 0 Å². The first-order valence-corrected chi connectivity index (χ1v) is 9.14. The molecule has 0 amide bonds. The first-order chi connectivity index (χ1) is 12.8. The van der Waals surface area contributed by atoms with E-state index in [2.05, 4.69) is 40.7 Å². The van der Waals surface area contributed by atoms with E-state index < -0.39 is 11.7 Å². The van der Waals surface area contributed by atoms with Crippen LogP contribution in [-0.2, 0) is 6.18 Å². The zero-order chi connectivity index (χ0) is 19.3. The van der Waals surface area contributed by atoms with Gasteiger partial charge in [-0.15, -0.1) is 0 Å². The van der Waals surface area contributed by atoms with Gasteiger partial charge in [-0.1, -0.05) is 6.92 Å². The van der Waals surface area contributed by atoms with Crippen molar-refractivity contribution in [1.82, 2.24) is 24.6 Å². The molecule has 0 spiro atoms. The zero-order valence-corrected chi connectivity index (χ0v) is 15.5. The zero-order valence-electron chi connectivity index (χ0n) is 15.5. The maximum absolute atomic E-state index is 13.2. The Morgan fingerprint density at radius 2 is 2.00 bits per heavy atom. The van der Waals surface area contributed by atoms with Gasteiger partial charge < -0.3 is 9.88 Å². The Morgan fingerprint density at radius 1 is 1.26 bits per heavy atom. The number of aromatic amines is 1. The van der Waals surface area contributed by atoms with Crippen LogP contribution in [0.25, 0.3) is 22.3 Å². The van der Waals surface area contributed by atoms with Gasteiger partial charge in [0.1, 0.15) is 5.65 Å². The molecular formula is C19H22F3N5. The summed E-state index contributed by atoms with van der Waals surface area (Å²) >= 11 is 0. The lowest BCUT2D eigenvalue weighted by Gasteiger charge is -2.39. The first-order valence-electron chi connectivity index (χ1n) is 9.14. The van der Waals surface area contributed by atoms with E-state index in [1.807, 2.05) is 10.7 Å². The molecule has 0 unspecified atom stereocenters. The third-order valence-electron chi connectivity index (χ3n) is 5.21. The smallest absolute Gasteiger partial charge is 0.346 e. The van der Waals surface area contributed by atoms with Gasteiger partial charge in [0.05, 0.1) is 11.3 Å². The van der Waals surface area contributed by atoms with Gasteiger partial charge in [0, 0.05) is 54.1 Å². The van der Waals surface area contributed by atoms with Crippen molar-refractivity contribution < 1.29 is 13.2 Å². The number of likely N-dealkylation sites (N-methyl/N-ethyl adjacent to an activating group) is 1. The van der Waals surface area contributed by atoms with Crippen molar-refractivity contribution in [3.8, 4) is 11.3 Å². The summed E-state index contributed by atoms with van der Waals surface area (Å²) in [4.78, 5) is 9.11.